The first-order chi connectivity index (χ1) is 7.38. The summed E-state index contributed by atoms with van der Waals surface area (Å²) in [7, 11) is 0. The molecule has 1 aromatic rings. The Balaban J connectivity index is 2.29. The van der Waals surface area contributed by atoms with Gasteiger partial charge in [0.2, 0.25) is 0 Å². The van der Waals surface area contributed by atoms with Gasteiger partial charge in [0.15, 0.2) is 0 Å². The minimum absolute atomic E-state index is 0.129. The summed E-state index contributed by atoms with van der Waals surface area (Å²) in [6.07, 6.45) is 1.47. The van der Waals surface area contributed by atoms with Crippen molar-refractivity contribution in [1.82, 2.24) is 0 Å². The molecule has 1 saturated carbocycles. The standard InChI is InChI=1S/C14H19FO/c1-14(2,3)12-8-9(4-5-13(12)15)10-6-11(16)7-10/h4-5,8,10-11,16H,6-7H2,1-3H3. The van der Waals surface area contributed by atoms with Crippen molar-refractivity contribution >= 4 is 0 Å². The SMILES string of the molecule is CC(C)(C)c1cc(C2CC(O)C2)ccc1F. The van der Waals surface area contributed by atoms with Crippen LogP contribution < -0.4 is 0 Å². The molecule has 0 unspecified atom stereocenters. The van der Waals surface area contributed by atoms with Crippen LogP contribution in [-0.4, -0.2) is 11.2 Å². The summed E-state index contributed by atoms with van der Waals surface area (Å²) in [6, 6.07) is 5.37. The highest BCUT2D eigenvalue weighted by atomic mass is 19.1. The highest BCUT2D eigenvalue weighted by molar-refractivity contribution is 5.33. The molecule has 1 nitrogen and oxygen atoms in total. The third-order valence-electron chi connectivity index (χ3n) is 3.38. The number of aliphatic hydroxyl groups excluding tert-OH is 1. The Hall–Kier alpha value is -0.890. The van der Waals surface area contributed by atoms with Gasteiger partial charge in [0.25, 0.3) is 0 Å². The van der Waals surface area contributed by atoms with Gasteiger partial charge in [-0.05, 0) is 41.4 Å². The van der Waals surface area contributed by atoms with Crippen molar-refractivity contribution < 1.29 is 9.50 Å². The van der Waals surface area contributed by atoms with E-state index in [2.05, 4.69) is 0 Å². The van der Waals surface area contributed by atoms with E-state index >= 15 is 0 Å². The average Bonchev–Trinajstić information content (AvgIpc) is 2.12. The second-order valence-electron chi connectivity index (χ2n) is 5.81. The predicted octanol–water partition coefficient (Wildman–Crippen LogP) is 3.36. The molecule has 88 valence electrons. The maximum absolute atomic E-state index is 13.7. The Kier molecular flexibility index (Phi) is 2.79. The molecular formula is C14H19FO. The van der Waals surface area contributed by atoms with Gasteiger partial charge in [0.1, 0.15) is 5.82 Å². The average molecular weight is 222 g/mol. The van der Waals surface area contributed by atoms with Crippen molar-refractivity contribution in [1.29, 1.82) is 0 Å². The van der Waals surface area contributed by atoms with Crippen molar-refractivity contribution in [3.63, 3.8) is 0 Å². The highest BCUT2D eigenvalue weighted by Gasteiger charge is 2.29. The lowest BCUT2D eigenvalue weighted by atomic mass is 9.75. The van der Waals surface area contributed by atoms with E-state index in [0.717, 1.165) is 24.0 Å². The van der Waals surface area contributed by atoms with E-state index in [1.165, 1.54) is 0 Å². The second-order valence-corrected chi connectivity index (χ2v) is 5.81. The molecule has 0 bridgehead atoms. The fraction of sp³-hybridized carbons (Fsp3) is 0.571. The van der Waals surface area contributed by atoms with Crippen LogP contribution in [0.5, 0.6) is 0 Å². The fourth-order valence-electron chi connectivity index (χ4n) is 2.23. The lowest BCUT2D eigenvalue weighted by Crippen LogP contribution is -2.27. The predicted molar refractivity (Wildman–Crippen MR) is 63.1 cm³/mol. The summed E-state index contributed by atoms with van der Waals surface area (Å²) in [4.78, 5) is 0. The quantitative estimate of drug-likeness (QED) is 0.772. The molecule has 0 aliphatic heterocycles. The zero-order chi connectivity index (χ0) is 11.9. The number of aliphatic hydroxyl groups is 1. The van der Waals surface area contributed by atoms with Crippen LogP contribution in [0.2, 0.25) is 0 Å². The molecule has 1 aliphatic rings. The van der Waals surface area contributed by atoms with E-state index < -0.39 is 0 Å². The zero-order valence-corrected chi connectivity index (χ0v) is 10.1. The van der Waals surface area contributed by atoms with Gasteiger partial charge in [-0.25, -0.2) is 4.39 Å². The third-order valence-corrected chi connectivity index (χ3v) is 3.38. The summed E-state index contributed by atoms with van der Waals surface area (Å²) >= 11 is 0. The van der Waals surface area contributed by atoms with Crippen molar-refractivity contribution in [2.75, 3.05) is 0 Å². The molecule has 1 aliphatic carbocycles. The second kappa shape index (κ2) is 3.85. The van der Waals surface area contributed by atoms with Crippen LogP contribution in [-0.2, 0) is 5.41 Å². The lowest BCUT2D eigenvalue weighted by Gasteiger charge is -2.32. The highest BCUT2D eigenvalue weighted by Crippen LogP contribution is 2.38. The fourth-order valence-corrected chi connectivity index (χ4v) is 2.23. The summed E-state index contributed by atoms with van der Waals surface area (Å²) in [5, 5.41) is 9.29. The molecule has 0 radical (unpaired) electrons. The van der Waals surface area contributed by atoms with Gasteiger partial charge in [0.05, 0.1) is 6.10 Å². The van der Waals surface area contributed by atoms with E-state index in [9.17, 15) is 9.50 Å². The molecular weight excluding hydrogens is 203 g/mol. The number of hydrogen-bond donors (Lipinski definition) is 1. The van der Waals surface area contributed by atoms with Gasteiger partial charge in [0, 0.05) is 0 Å². The minimum Gasteiger partial charge on any atom is -0.393 e. The first-order valence-corrected chi connectivity index (χ1v) is 5.86. The van der Waals surface area contributed by atoms with Crippen LogP contribution in [0, 0.1) is 5.82 Å². The molecule has 1 N–H and O–H groups in total. The van der Waals surface area contributed by atoms with E-state index in [1.807, 2.05) is 32.9 Å². The molecule has 1 aromatic carbocycles. The van der Waals surface area contributed by atoms with E-state index in [4.69, 9.17) is 0 Å². The molecule has 0 aromatic heterocycles. The minimum atomic E-state index is -0.164. The van der Waals surface area contributed by atoms with E-state index in [-0.39, 0.29) is 17.3 Å². The summed E-state index contributed by atoms with van der Waals surface area (Å²) in [5.41, 5.74) is 1.77. The molecule has 16 heavy (non-hydrogen) atoms. The monoisotopic (exact) mass is 222 g/mol. The van der Waals surface area contributed by atoms with Crippen LogP contribution >= 0.6 is 0 Å². The van der Waals surface area contributed by atoms with Crippen molar-refractivity contribution in [2.45, 2.75) is 51.0 Å². The maximum Gasteiger partial charge on any atom is 0.126 e. The van der Waals surface area contributed by atoms with E-state index in [1.54, 1.807) is 6.07 Å². The number of rotatable bonds is 1. The van der Waals surface area contributed by atoms with E-state index in [0.29, 0.717) is 5.92 Å². The molecule has 2 rings (SSSR count). The molecule has 1 fully saturated rings. The van der Waals surface area contributed by atoms with Gasteiger partial charge >= 0.3 is 0 Å². The van der Waals surface area contributed by atoms with Crippen molar-refractivity contribution in [2.24, 2.45) is 0 Å². The number of halogens is 1. The van der Waals surface area contributed by atoms with Gasteiger partial charge in [-0.1, -0.05) is 32.9 Å². The molecule has 2 heteroatoms. The van der Waals surface area contributed by atoms with Crippen molar-refractivity contribution in [3.8, 4) is 0 Å². The normalized spacial score (nSPS) is 25.3. The zero-order valence-electron chi connectivity index (χ0n) is 10.1. The summed E-state index contributed by atoms with van der Waals surface area (Å²) < 4.78 is 13.7. The first kappa shape index (κ1) is 11.6. The summed E-state index contributed by atoms with van der Waals surface area (Å²) in [5.74, 6) is 0.285. The van der Waals surface area contributed by atoms with Crippen LogP contribution in [0.25, 0.3) is 0 Å². The molecule has 0 heterocycles. The lowest BCUT2D eigenvalue weighted by molar-refractivity contribution is 0.0746. The summed E-state index contributed by atoms with van der Waals surface area (Å²) in [6.45, 7) is 6.06. The Morgan fingerprint density at radius 1 is 1.25 bits per heavy atom. The van der Waals surface area contributed by atoms with Gasteiger partial charge < -0.3 is 5.11 Å². The Morgan fingerprint density at radius 2 is 1.88 bits per heavy atom. The van der Waals surface area contributed by atoms with Gasteiger partial charge in [-0.15, -0.1) is 0 Å². The van der Waals surface area contributed by atoms with Crippen LogP contribution in [0.4, 0.5) is 4.39 Å². The Labute approximate surface area is 96.3 Å². The van der Waals surface area contributed by atoms with Gasteiger partial charge in [-0.2, -0.15) is 0 Å². The van der Waals surface area contributed by atoms with Gasteiger partial charge in [-0.3, -0.25) is 0 Å². The van der Waals surface area contributed by atoms with Crippen LogP contribution in [0.1, 0.15) is 50.7 Å². The Morgan fingerprint density at radius 3 is 2.38 bits per heavy atom. The van der Waals surface area contributed by atoms with Crippen LogP contribution in [0.15, 0.2) is 18.2 Å². The maximum atomic E-state index is 13.7. The van der Waals surface area contributed by atoms with Crippen LogP contribution in [0.3, 0.4) is 0 Å². The first-order valence-electron chi connectivity index (χ1n) is 5.86. The molecule has 0 amide bonds. The largest absolute Gasteiger partial charge is 0.393 e. The number of hydrogen-bond acceptors (Lipinski definition) is 1. The number of benzene rings is 1. The molecule has 0 spiro atoms. The molecule has 0 saturated heterocycles. The smallest absolute Gasteiger partial charge is 0.126 e. The topological polar surface area (TPSA) is 20.2 Å². The van der Waals surface area contributed by atoms with Crippen molar-refractivity contribution in [3.05, 3.63) is 35.1 Å². The molecule has 0 atom stereocenters. The Bertz CT molecular complexity index is 386. The third kappa shape index (κ3) is 2.12.